The molecule has 1 amide bonds. The van der Waals surface area contributed by atoms with Gasteiger partial charge in [0.05, 0.1) is 11.6 Å². The SMILES string of the molecule is C[C@]1(C(=O)NCC(F)F)CCCN1c1ccnc(-c2c[nH]c3ncc(Cl)cc23)n1. The normalized spacial score (nSPS) is 19.3. The van der Waals surface area contributed by atoms with Crippen molar-refractivity contribution < 1.29 is 13.6 Å². The summed E-state index contributed by atoms with van der Waals surface area (Å²) in [4.78, 5) is 30.8. The van der Waals surface area contributed by atoms with Gasteiger partial charge >= 0.3 is 0 Å². The minimum absolute atomic E-state index is 0.432. The molecule has 1 aliphatic heterocycles. The maximum absolute atomic E-state index is 12.6. The summed E-state index contributed by atoms with van der Waals surface area (Å²) in [6.07, 6.45) is 3.63. The predicted octanol–water partition coefficient (Wildman–Crippen LogP) is 3.41. The van der Waals surface area contributed by atoms with E-state index in [0.29, 0.717) is 35.3 Å². The molecule has 4 heterocycles. The highest BCUT2D eigenvalue weighted by Gasteiger charge is 2.44. The van der Waals surface area contributed by atoms with Crippen LogP contribution in [0.3, 0.4) is 0 Å². The molecule has 1 atom stereocenters. The van der Waals surface area contributed by atoms with Gasteiger partial charge in [0.15, 0.2) is 5.82 Å². The van der Waals surface area contributed by atoms with E-state index in [4.69, 9.17) is 11.6 Å². The Morgan fingerprint density at radius 2 is 2.28 bits per heavy atom. The summed E-state index contributed by atoms with van der Waals surface area (Å²) >= 11 is 6.07. The van der Waals surface area contributed by atoms with Gasteiger partial charge in [-0.2, -0.15) is 0 Å². The van der Waals surface area contributed by atoms with Crippen LogP contribution in [0.5, 0.6) is 0 Å². The molecule has 0 radical (unpaired) electrons. The minimum atomic E-state index is -2.59. The summed E-state index contributed by atoms with van der Waals surface area (Å²) in [5.41, 5.74) is 0.446. The lowest BCUT2D eigenvalue weighted by atomic mass is 9.97. The van der Waals surface area contributed by atoms with Crippen LogP contribution in [0.15, 0.2) is 30.7 Å². The number of anilines is 1. The largest absolute Gasteiger partial charge is 0.348 e. The van der Waals surface area contributed by atoms with Gasteiger partial charge in [0.2, 0.25) is 5.91 Å². The van der Waals surface area contributed by atoms with Crippen LogP contribution < -0.4 is 10.2 Å². The number of rotatable bonds is 5. The number of halogens is 3. The molecule has 0 spiro atoms. The zero-order valence-corrected chi connectivity index (χ0v) is 16.4. The highest BCUT2D eigenvalue weighted by atomic mass is 35.5. The number of aromatic nitrogens is 4. The smallest absolute Gasteiger partial charge is 0.255 e. The molecule has 1 saturated heterocycles. The number of pyridine rings is 1. The van der Waals surface area contributed by atoms with Crippen LogP contribution in [0, 0.1) is 0 Å². The van der Waals surface area contributed by atoms with Crippen molar-refractivity contribution in [2.45, 2.75) is 31.7 Å². The van der Waals surface area contributed by atoms with E-state index >= 15 is 0 Å². The Bertz CT molecular complexity index is 1060. The Morgan fingerprint density at radius 3 is 3.07 bits per heavy atom. The van der Waals surface area contributed by atoms with E-state index < -0.39 is 24.4 Å². The van der Waals surface area contributed by atoms with Crippen molar-refractivity contribution >= 4 is 34.4 Å². The summed E-state index contributed by atoms with van der Waals surface area (Å²) in [6.45, 7) is 1.68. The van der Waals surface area contributed by atoms with Crippen LogP contribution in [0.2, 0.25) is 5.02 Å². The molecule has 4 rings (SSSR count). The summed E-state index contributed by atoms with van der Waals surface area (Å²) in [7, 11) is 0. The maximum atomic E-state index is 12.6. The van der Waals surface area contributed by atoms with Crippen molar-refractivity contribution in [2.24, 2.45) is 0 Å². The maximum Gasteiger partial charge on any atom is 0.255 e. The number of nitrogens with one attached hydrogen (secondary N) is 2. The number of hydrogen-bond donors (Lipinski definition) is 2. The second kappa shape index (κ2) is 7.55. The molecule has 3 aromatic rings. The molecule has 152 valence electrons. The van der Waals surface area contributed by atoms with E-state index in [-0.39, 0.29) is 0 Å². The first-order valence-corrected chi connectivity index (χ1v) is 9.56. The fourth-order valence-electron chi connectivity index (χ4n) is 3.72. The van der Waals surface area contributed by atoms with E-state index in [1.54, 1.807) is 37.6 Å². The van der Waals surface area contributed by atoms with Crippen LogP contribution in [0.1, 0.15) is 19.8 Å². The van der Waals surface area contributed by atoms with Gasteiger partial charge in [0, 0.05) is 36.1 Å². The third-order valence-corrected chi connectivity index (χ3v) is 5.41. The van der Waals surface area contributed by atoms with Crippen LogP contribution in [0.4, 0.5) is 14.6 Å². The summed E-state index contributed by atoms with van der Waals surface area (Å²) in [5, 5.41) is 3.62. The number of H-pyrrole nitrogens is 1. The van der Waals surface area contributed by atoms with E-state index in [1.807, 2.05) is 4.90 Å². The van der Waals surface area contributed by atoms with Crippen LogP contribution in [-0.4, -0.2) is 50.9 Å². The fraction of sp³-hybridized carbons (Fsp3) is 0.368. The molecule has 2 N–H and O–H groups in total. The van der Waals surface area contributed by atoms with Gasteiger partial charge < -0.3 is 15.2 Å². The topological polar surface area (TPSA) is 86.8 Å². The van der Waals surface area contributed by atoms with Crippen LogP contribution in [0.25, 0.3) is 22.4 Å². The molecule has 1 fully saturated rings. The van der Waals surface area contributed by atoms with Crippen molar-refractivity contribution in [3.05, 3.63) is 35.7 Å². The second-order valence-corrected chi connectivity index (χ2v) is 7.56. The lowest BCUT2D eigenvalue weighted by molar-refractivity contribution is -0.126. The van der Waals surface area contributed by atoms with Gasteiger partial charge in [-0.15, -0.1) is 0 Å². The Morgan fingerprint density at radius 1 is 1.45 bits per heavy atom. The predicted molar refractivity (Wildman–Crippen MR) is 106 cm³/mol. The first-order chi connectivity index (χ1) is 13.9. The number of carbonyl (C=O) groups is 1. The van der Waals surface area contributed by atoms with Crippen LogP contribution >= 0.6 is 11.6 Å². The molecule has 1 aliphatic rings. The molecule has 0 aliphatic carbocycles. The number of fused-ring (bicyclic) bond motifs is 1. The van der Waals surface area contributed by atoms with E-state index in [2.05, 4.69) is 25.3 Å². The lowest BCUT2D eigenvalue weighted by Gasteiger charge is -2.34. The third kappa shape index (κ3) is 3.62. The molecule has 0 saturated carbocycles. The monoisotopic (exact) mass is 420 g/mol. The summed E-state index contributed by atoms with van der Waals surface area (Å²) in [6, 6.07) is 3.50. The zero-order chi connectivity index (χ0) is 20.6. The van der Waals surface area contributed by atoms with Gasteiger partial charge in [-0.25, -0.2) is 23.7 Å². The fourth-order valence-corrected chi connectivity index (χ4v) is 3.88. The molecule has 0 bridgehead atoms. The average molecular weight is 421 g/mol. The van der Waals surface area contributed by atoms with Crippen molar-refractivity contribution in [3.8, 4) is 11.4 Å². The van der Waals surface area contributed by atoms with Gasteiger partial charge in [0.1, 0.15) is 17.0 Å². The van der Waals surface area contributed by atoms with Crippen LogP contribution in [-0.2, 0) is 4.79 Å². The van der Waals surface area contributed by atoms with Crippen molar-refractivity contribution in [3.63, 3.8) is 0 Å². The number of alkyl halides is 2. The lowest BCUT2D eigenvalue weighted by Crippen LogP contribution is -2.54. The van der Waals surface area contributed by atoms with Crippen molar-refractivity contribution in [2.75, 3.05) is 18.0 Å². The highest BCUT2D eigenvalue weighted by molar-refractivity contribution is 6.31. The number of carbonyl (C=O) groups excluding carboxylic acids is 1. The number of amides is 1. The van der Waals surface area contributed by atoms with Gasteiger partial charge in [-0.1, -0.05) is 11.6 Å². The standard InChI is InChI=1S/C19H19ClF2N6O/c1-19(18(29)26-10-14(21)22)4-2-6-28(19)15-3-5-23-17(27-15)13-9-25-16-12(13)7-11(20)8-24-16/h3,5,7-9,14H,2,4,6,10H2,1H3,(H,24,25)(H,26,29)/t19-/m1/s1. The first kappa shape index (κ1) is 19.5. The molecular weight excluding hydrogens is 402 g/mol. The van der Waals surface area contributed by atoms with E-state index in [1.165, 1.54) is 0 Å². The molecule has 3 aromatic heterocycles. The van der Waals surface area contributed by atoms with Gasteiger partial charge in [-0.05, 0) is 31.9 Å². The molecule has 0 aromatic carbocycles. The third-order valence-electron chi connectivity index (χ3n) is 5.20. The molecule has 7 nitrogen and oxygen atoms in total. The van der Waals surface area contributed by atoms with E-state index in [9.17, 15) is 13.6 Å². The van der Waals surface area contributed by atoms with Gasteiger partial charge in [0.25, 0.3) is 6.43 Å². The average Bonchev–Trinajstić information content (AvgIpc) is 3.30. The number of hydrogen-bond acceptors (Lipinski definition) is 5. The number of nitrogens with zero attached hydrogens (tertiary/aromatic N) is 4. The summed E-state index contributed by atoms with van der Waals surface area (Å²) < 4.78 is 25.1. The Balaban J connectivity index is 1.67. The summed E-state index contributed by atoms with van der Waals surface area (Å²) in [5.74, 6) is 0.588. The van der Waals surface area contributed by atoms with Crippen molar-refractivity contribution in [1.29, 1.82) is 0 Å². The molecular formula is C19H19ClF2N6O. The zero-order valence-electron chi connectivity index (χ0n) is 15.6. The number of aromatic amines is 1. The highest BCUT2D eigenvalue weighted by Crippen LogP contribution is 2.35. The van der Waals surface area contributed by atoms with E-state index in [0.717, 1.165) is 17.4 Å². The first-order valence-electron chi connectivity index (χ1n) is 9.18. The molecule has 10 heteroatoms. The minimum Gasteiger partial charge on any atom is -0.348 e. The Kier molecular flexibility index (Phi) is 5.08. The van der Waals surface area contributed by atoms with Crippen molar-refractivity contribution in [1.82, 2.24) is 25.3 Å². The van der Waals surface area contributed by atoms with Gasteiger partial charge in [-0.3, -0.25) is 4.79 Å². The molecule has 0 unspecified atom stereocenters. The molecule has 29 heavy (non-hydrogen) atoms. The quantitative estimate of drug-likeness (QED) is 0.660. The Labute approximate surface area is 170 Å². The Hall–Kier alpha value is -2.81. The second-order valence-electron chi connectivity index (χ2n) is 7.12.